The Hall–Kier alpha value is -3.13. The number of nitrogens with zero attached hydrogens (tertiary/aromatic N) is 7. The van der Waals surface area contributed by atoms with E-state index in [2.05, 4.69) is 53.1 Å². The Morgan fingerprint density at radius 1 is 1.04 bits per heavy atom. The fourth-order valence-corrected chi connectivity index (χ4v) is 9.82. The lowest BCUT2D eigenvalue weighted by Crippen LogP contribution is -2.36. The zero-order valence-electron chi connectivity index (χ0n) is 28.5. The van der Waals surface area contributed by atoms with Crippen molar-refractivity contribution in [2.45, 2.75) is 61.9 Å². The first-order chi connectivity index (χ1) is 26.3. The van der Waals surface area contributed by atoms with Crippen molar-refractivity contribution in [3.63, 3.8) is 0 Å². The maximum absolute atomic E-state index is 13.9. The number of aliphatic hydroxyl groups is 3. The SMILES string of the molecule is Nc1nc(NCCNC(=O)CO)nc2c1ncn2[C@@H]1O[C@@H]2COP(O)(=S)O[C@H]3[C@@H](O)[C@H](n4cc5c6c(ncnc64)NCCC5)O[C@@H]3COP(=O)(S)O[C@@H]1[C@@H]2O. The second-order valence-corrected chi connectivity index (χ2v) is 18.7. The molecule has 1 amide bonds. The molecule has 9 N–H and O–H groups in total. The standard InChI is InChI=1S/C28H37N11O12P2S2/c29-22-17-25(37-28(36-22)32-5-4-30-15(41)7-40)39(11-35-17)27-21-18(42)13(48-27)8-46-52(44,54)50-20-14(9-47-53(45,55)51-21)49-26(19(20)43)38-6-12-2-1-3-31-23-16(12)24(38)34-10-33-23/h6,10-11,13-14,18-21,26-27,40,42-43H,1-5,7-9H2,(H,30,41)(H,44,54)(H,45,55)(H,31,33,34)(H3,29,32,36,37)/t13-,14-,18-,19-,20-,21-,26-,27-,52?,53?/m1/s1. The van der Waals surface area contributed by atoms with Crippen molar-refractivity contribution in [1.82, 2.24) is 39.4 Å². The molecule has 10 atom stereocenters. The lowest BCUT2D eigenvalue weighted by molar-refractivity contribution is -0.123. The molecule has 0 aromatic carbocycles. The van der Waals surface area contributed by atoms with Crippen LogP contribution in [0.1, 0.15) is 24.4 Å². The first-order valence-corrected chi connectivity index (χ1v) is 22.3. The van der Waals surface area contributed by atoms with Gasteiger partial charge in [0, 0.05) is 25.8 Å². The van der Waals surface area contributed by atoms with Gasteiger partial charge in [0.15, 0.2) is 23.9 Å². The number of hydrogen-bond acceptors (Lipinski definition) is 20. The third-order valence-corrected chi connectivity index (χ3v) is 12.6. The van der Waals surface area contributed by atoms with Crippen molar-refractivity contribution < 1.29 is 57.1 Å². The maximum atomic E-state index is 13.9. The Kier molecular flexibility index (Phi) is 10.8. The fraction of sp³-hybridized carbons (Fsp3) is 0.571. The number of fused-ring (bicyclic) bond motifs is 4. The van der Waals surface area contributed by atoms with E-state index in [4.69, 9.17) is 50.2 Å². The highest BCUT2D eigenvalue weighted by Crippen LogP contribution is 2.58. The predicted molar refractivity (Wildman–Crippen MR) is 197 cm³/mol. The number of nitrogen functional groups attached to an aromatic ring is 1. The quantitative estimate of drug-likeness (QED) is 0.0632. The monoisotopic (exact) mass is 845 g/mol. The van der Waals surface area contributed by atoms with E-state index in [1.54, 1.807) is 4.57 Å². The summed E-state index contributed by atoms with van der Waals surface area (Å²) in [5.41, 5.74) is 7.87. The van der Waals surface area contributed by atoms with Gasteiger partial charge >= 0.3 is 13.5 Å². The molecule has 8 heterocycles. The van der Waals surface area contributed by atoms with E-state index >= 15 is 0 Å². The highest BCUT2D eigenvalue weighted by atomic mass is 32.7. The number of imidazole rings is 1. The molecule has 0 spiro atoms. The van der Waals surface area contributed by atoms with Crippen LogP contribution in [0, 0.1) is 0 Å². The van der Waals surface area contributed by atoms with Gasteiger partial charge < -0.3 is 60.5 Å². The topological polar surface area (TPSA) is 307 Å². The van der Waals surface area contributed by atoms with Gasteiger partial charge in [-0.25, -0.2) is 19.5 Å². The summed E-state index contributed by atoms with van der Waals surface area (Å²) < 4.78 is 52.3. The largest absolute Gasteiger partial charge is 0.387 e. The lowest BCUT2D eigenvalue weighted by atomic mass is 10.1. The molecular formula is C28H37N11O12P2S2. The summed E-state index contributed by atoms with van der Waals surface area (Å²) in [6.45, 7) is -9.30. The highest BCUT2D eigenvalue weighted by molar-refractivity contribution is 8.44. The van der Waals surface area contributed by atoms with Gasteiger partial charge in [0.2, 0.25) is 11.9 Å². The number of hydrogen-bond donors (Lipinski definition) is 9. The molecule has 0 radical (unpaired) electrons. The number of amides is 1. The number of carbonyl (C=O) groups excluding carboxylic acids is 1. The van der Waals surface area contributed by atoms with Gasteiger partial charge in [-0.05, 0) is 30.2 Å². The van der Waals surface area contributed by atoms with Crippen molar-refractivity contribution >= 4 is 83.3 Å². The number of ether oxygens (including phenoxy) is 2. The number of aliphatic hydroxyl groups excluding tert-OH is 3. The van der Waals surface area contributed by atoms with E-state index in [-0.39, 0.29) is 36.0 Å². The van der Waals surface area contributed by atoms with Crippen molar-refractivity contribution in [3.05, 3.63) is 24.4 Å². The van der Waals surface area contributed by atoms with Gasteiger partial charge in [-0.3, -0.25) is 22.9 Å². The first kappa shape index (κ1) is 38.7. The summed E-state index contributed by atoms with van der Waals surface area (Å²) in [6.07, 6.45) is -4.64. The van der Waals surface area contributed by atoms with Gasteiger partial charge in [0.25, 0.3) is 0 Å². The molecular weight excluding hydrogens is 808 g/mol. The summed E-state index contributed by atoms with van der Waals surface area (Å²) >= 11 is 9.55. The Balaban J connectivity index is 1.06. The molecule has 4 aliphatic rings. The third-order valence-electron chi connectivity index (χ3n) is 9.41. The average Bonchev–Trinajstić information content (AvgIpc) is 3.85. The molecule has 0 aliphatic carbocycles. The molecule has 8 rings (SSSR count). The number of thiol groups is 1. The van der Waals surface area contributed by atoms with E-state index in [1.807, 2.05) is 6.20 Å². The van der Waals surface area contributed by atoms with E-state index in [0.29, 0.717) is 11.5 Å². The summed E-state index contributed by atoms with van der Waals surface area (Å²) in [5, 5.41) is 41.4. The summed E-state index contributed by atoms with van der Waals surface area (Å²) in [5.74, 6) is 0.113. The average molecular weight is 846 g/mol. The number of rotatable bonds is 7. The molecule has 298 valence electrons. The van der Waals surface area contributed by atoms with Gasteiger partial charge in [-0.15, -0.1) is 0 Å². The maximum Gasteiger partial charge on any atom is 0.386 e. The smallest absolute Gasteiger partial charge is 0.386 e. The molecule has 55 heavy (non-hydrogen) atoms. The Morgan fingerprint density at radius 2 is 1.84 bits per heavy atom. The van der Waals surface area contributed by atoms with Crippen molar-refractivity contribution in [2.24, 2.45) is 0 Å². The number of aromatic nitrogens is 7. The molecule has 4 aromatic heterocycles. The van der Waals surface area contributed by atoms with Crippen LogP contribution in [0.2, 0.25) is 0 Å². The molecule has 27 heteroatoms. The zero-order valence-corrected chi connectivity index (χ0v) is 32.0. The molecule has 4 aliphatic heterocycles. The number of anilines is 3. The minimum Gasteiger partial charge on any atom is -0.387 e. The zero-order chi connectivity index (χ0) is 38.6. The number of aryl methyl sites for hydroxylation is 1. The van der Waals surface area contributed by atoms with E-state index in [1.165, 1.54) is 17.2 Å². The molecule has 4 aromatic rings. The minimum absolute atomic E-state index is 0.0199. The van der Waals surface area contributed by atoms with E-state index < -0.39 is 88.3 Å². The molecule has 3 fully saturated rings. The van der Waals surface area contributed by atoms with Gasteiger partial charge in [0.1, 0.15) is 66.5 Å². The first-order valence-electron chi connectivity index (χ1n) is 17.0. The van der Waals surface area contributed by atoms with Gasteiger partial charge in [0.05, 0.1) is 24.9 Å². The van der Waals surface area contributed by atoms with Crippen LogP contribution in [0.4, 0.5) is 17.6 Å². The number of carbonyl (C=O) groups is 1. The second-order valence-electron chi connectivity index (χ2n) is 13.0. The molecule has 2 bridgehead atoms. The minimum atomic E-state index is -4.39. The lowest BCUT2D eigenvalue weighted by Gasteiger charge is -2.27. The highest BCUT2D eigenvalue weighted by Gasteiger charge is 2.53. The predicted octanol–water partition coefficient (Wildman–Crippen LogP) is -0.680. The van der Waals surface area contributed by atoms with Gasteiger partial charge in [-0.2, -0.15) is 9.97 Å². The van der Waals surface area contributed by atoms with Crippen LogP contribution in [0.15, 0.2) is 18.9 Å². The molecule has 0 saturated carbocycles. The third kappa shape index (κ3) is 7.67. The summed E-state index contributed by atoms with van der Waals surface area (Å²) in [6, 6.07) is 0. The van der Waals surface area contributed by atoms with Crippen LogP contribution in [0.25, 0.3) is 22.2 Å². The normalized spacial score (nSPS) is 33.9. The fourth-order valence-electron chi connectivity index (χ4n) is 6.91. The van der Waals surface area contributed by atoms with Crippen LogP contribution < -0.4 is 21.7 Å². The Morgan fingerprint density at radius 3 is 2.65 bits per heavy atom. The van der Waals surface area contributed by atoms with Gasteiger partial charge in [-0.1, -0.05) is 12.2 Å². The summed E-state index contributed by atoms with van der Waals surface area (Å²) in [7, 11) is 0. The van der Waals surface area contributed by atoms with Crippen LogP contribution in [0.5, 0.6) is 0 Å². The second kappa shape index (κ2) is 15.3. The van der Waals surface area contributed by atoms with Crippen LogP contribution in [-0.2, 0) is 55.2 Å². The summed E-state index contributed by atoms with van der Waals surface area (Å²) in [4.78, 5) is 44.3. The number of nitrogens with two attached hydrogens (primary N) is 1. The van der Waals surface area contributed by atoms with Crippen molar-refractivity contribution in [2.75, 3.05) is 55.8 Å². The van der Waals surface area contributed by atoms with E-state index in [0.717, 1.165) is 30.3 Å². The van der Waals surface area contributed by atoms with Crippen LogP contribution in [-0.4, -0.2) is 136 Å². The molecule has 3 saturated heterocycles. The van der Waals surface area contributed by atoms with E-state index in [9.17, 15) is 24.5 Å². The Labute approximate surface area is 321 Å². The van der Waals surface area contributed by atoms with Crippen LogP contribution >= 0.6 is 25.8 Å². The number of nitrogens with one attached hydrogen (secondary N) is 3. The molecule has 2 unspecified atom stereocenters. The van der Waals surface area contributed by atoms with Crippen molar-refractivity contribution in [3.8, 4) is 0 Å². The molecule has 23 nitrogen and oxygen atoms in total. The van der Waals surface area contributed by atoms with Crippen LogP contribution in [0.3, 0.4) is 0 Å². The Bertz CT molecular complexity index is 2200. The van der Waals surface area contributed by atoms with Crippen molar-refractivity contribution in [1.29, 1.82) is 0 Å².